The molecule has 0 radical (unpaired) electrons. The number of halogens is 2. The maximum atomic E-state index is 12.3. The van der Waals surface area contributed by atoms with Crippen LogP contribution in [0, 0.1) is 6.92 Å². The number of carbonyl (C=O) groups excluding carboxylic acids is 1. The zero-order chi connectivity index (χ0) is 22.4. The van der Waals surface area contributed by atoms with Crippen LogP contribution in [0.1, 0.15) is 24.4 Å². The highest BCUT2D eigenvalue weighted by atomic mass is 35.5. The largest absolute Gasteiger partial charge is 0.481 e. The number of hydrogen-bond donors (Lipinski definition) is 1. The van der Waals surface area contributed by atoms with Crippen molar-refractivity contribution in [3.8, 4) is 5.75 Å². The second-order valence-electron chi connectivity index (χ2n) is 6.78. The summed E-state index contributed by atoms with van der Waals surface area (Å²) >= 11 is 13.5. The smallest absolute Gasteiger partial charge is 0.234 e. The molecule has 0 aliphatic rings. The molecule has 1 amide bonds. The highest BCUT2D eigenvalue weighted by molar-refractivity contribution is 7.99. The van der Waals surface area contributed by atoms with Crippen molar-refractivity contribution in [2.75, 3.05) is 11.1 Å². The first kappa shape index (κ1) is 23.2. The van der Waals surface area contributed by atoms with Crippen LogP contribution in [0.25, 0.3) is 0 Å². The molecule has 0 bridgehead atoms. The van der Waals surface area contributed by atoms with Crippen molar-refractivity contribution in [2.24, 2.45) is 0 Å². The highest BCUT2D eigenvalue weighted by Crippen LogP contribution is 2.30. The minimum absolute atomic E-state index is 0.167. The molecule has 3 rings (SSSR count). The van der Waals surface area contributed by atoms with Crippen LogP contribution in [-0.4, -0.2) is 26.4 Å². The molecule has 1 aromatic heterocycles. The molecule has 162 valence electrons. The van der Waals surface area contributed by atoms with E-state index in [2.05, 4.69) is 22.1 Å². The van der Waals surface area contributed by atoms with Gasteiger partial charge >= 0.3 is 0 Å². The van der Waals surface area contributed by atoms with E-state index in [9.17, 15) is 4.79 Å². The van der Waals surface area contributed by atoms with Gasteiger partial charge in [-0.25, -0.2) is 0 Å². The molecule has 1 atom stereocenters. The van der Waals surface area contributed by atoms with Gasteiger partial charge in [-0.1, -0.05) is 53.2 Å². The molecule has 1 heterocycles. The molecule has 2 aromatic carbocycles. The molecule has 0 spiro atoms. The first-order chi connectivity index (χ1) is 14.9. The number of rotatable bonds is 9. The summed E-state index contributed by atoms with van der Waals surface area (Å²) in [5, 5.41) is 13.0. The SMILES string of the molecule is C=CCn1c(SCC(=O)Nc2cccc(Cl)c2)nnc1C(C)Oc1cc(C)ccc1Cl. The fourth-order valence-corrected chi connectivity index (χ4v) is 3.95. The lowest BCUT2D eigenvalue weighted by Crippen LogP contribution is -2.15. The molecule has 0 aliphatic carbocycles. The van der Waals surface area contributed by atoms with Crippen molar-refractivity contribution < 1.29 is 9.53 Å². The summed E-state index contributed by atoms with van der Waals surface area (Å²) in [5.41, 5.74) is 1.68. The quantitative estimate of drug-likeness (QED) is 0.305. The van der Waals surface area contributed by atoms with Crippen molar-refractivity contribution in [2.45, 2.75) is 31.7 Å². The van der Waals surface area contributed by atoms with Crippen molar-refractivity contribution in [3.05, 3.63) is 76.6 Å². The van der Waals surface area contributed by atoms with E-state index in [4.69, 9.17) is 27.9 Å². The third-order valence-corrected chi connectivity index (χ3v) is 5.77. The Bertz CT molecular complexity index is 1090. The number of benzene rings is 2. The Morgan fingerprint density at radius 2 is 2.10 bits per heavy atom. The number of aryl methyl sites for hydroxylation is 1. The summed E-state index contributed by atoms with van der Waals surface area (Å²) in [6, 6.07) is 12.6. The zero-order valence-electron chi connectivity index (χ0n) is 17.1. The minimum atomic E-state index is -0.401. The van der Waals surface area contributed by atoms with Gasteiger partial charge in [-0.2, -0.15) is 0 Å². The number of aromatic nitrogens is 3. The number of nitrogens with zero attached hydrogens (tertiary/aromatic N) is 3. The molecular weight excluding hydrogens is 455 g/mol. The first-order valence-corrected chi connectivity index (χ1v) is 11.3. The number of amides is 1. The molecule has 31 heavy (non-hydrogen) atoms. The van der Waals surface area contributed by atoms with Crippen LogP contribution < -0.4 is 10.1 Å². The van der Waals surface area contributed by atoms with Gasteiger partial charge in [-0.3, -0.25) is 9.36 Å². The highest BCUT2D eigenvalue weighted by Gasteiger charge is 2.20. The minimum Gasteiger partial charge on any atom is -0.481 e. The Labute approximate surface area is 195 Å². The van der Waals surface area contributed by atoms with Crippen molar-refractivity contribution >= 4 is 46.6 Å². The second kappa shape index (κ2) is 10.7. The van der Waals surface area contributed by atoms with Crippen LogP contribution in [0.15, 0.2) is 60.3 Å². The average Bonchev–Trinajstić information content (AvgIpc) is 3.12. The predicted octanol–water partition coefficient (Wildman–Crippen LogP) is 5.95. The Balaban J connectivity index is 1.70. The van der Waals surface area contributed by atoms with Crippen LogP contribution in [0.3, 0.4) is 0 Å². The average molecular weight is 477 g/mol. The number of hydrogen-bond acceptors (Lipinski definition) is 5. The van der Waals surface area contributed by atoms with Gasteiger partial charge in [0.1, 0.15) is 5.75 Å². The van der Waals surface area contributed by atoms with Gasteiger partial charge in [0.25, 0.3) is 0 Å². The number of allylic oxidation sites excluding steroid dienone is 1. The van der Waals surface area contributed by atoms with E-state index >= 15 is 0 Å². The molecule has 6 nitrogen and oxygen atoms in total. The van der Waals surface area contributed by atoms with Gasteiger partial charge in [-0.05, 0) is 49.7 Å². The van der Waals surface area contributed by atoms with Crippen LogP contribution in [0.2, 0.25) is 10.0 Å². The Morgan fingerprint density at radius 3 is 2.84 bits per heavy atom. The van der Waals surface area contributed by atoms with Crippen LogP contribution in [0.4, 0.5) is 5.69 Å². The van der Waals surface area contributed by atoms with Gasteiger partial charge in [0.2, 0.25) is 5.91 Å². The molecule has 0 saturated heterocycles. The van der Waals surface area contributed by atoms with E-state index in [-0.39, 0.29) is 11.7 Å². The predicted molar refractivity (Wildman–Crippen MR) is 126 cm³/mol. The summed E-state index contributed by atoms with van der Waals surface area (Å²) in [7, 11) is 0. The number of thioether (sulfide) groups is 1. The summed E-state index contributed by atoms with van der Waals surface area (Å²) in [4.78, 5) is 12.3. The van der Waals surface area contributed by atoms with E-state index < -0.39 is 6.10 Å². The summed E-state index contributed by atoms with van der Waals surface area (Å²) in [6.45, 7) is 8.14. The van der Waals surface area contributed by atoms with Crippen molar-refractivity contribution in [1.29, 1.82) is 0 Å². The standard InChI is InChI=1S/C22H22Cl2N4O2S/c1-4-10-28-21(15(3)30-19-11-14(2)8-9-18(19)24)26-27-22(28)31-13-20(29)25-17-7-5-6-16(23)12-17/h4-9,11-12,15H,1,10,13H2,2-3H3,(H,25,29). The monoisotopic (exact) mass is 476 g/mol. The third-order valence-electron chi connectivity index (χ3n) is 4.25. The number of carbonyl (C=O) groups is 1. The number of nitrogens with one attached hydrogen (secondary N) is 1. The van der Waals surface area contributed by atoms with E-state index in [0.29, 0.717) is 39.0 Å². The first-order valence-electron chi connectivity index (χ1n) is 9.52. The molecule has 0 fully saturated rings. The Morgan fingerprint density at radius 1 is 1.29 bits per heavy atom. The van der Waals surface area contributed by atoms with Crippen LogP contribution >= 0.6 is 35.0 Å². The lowest BCUT2D eigenvalue weighted by molar-refractivity contribution is -0.113. The summed E-state index contributed by atoms with van der Waals surface area (Å²) in [6.07, 6.45) is 1.34. The van der Waals surface area contributed by atoms with Crippen molar-refractivity contribution in [1.82, 2.24) is 14.8 Å². The molecular formula is C22H22Cl2N4O2S. The molecule has 1 N–H and O–H groups in total. The Kier molecular flexibility index (Phi) is 8.01. The molecule has 3 aromatic rings. The Hall–Kier alpha value is -2.48. The maximum Gasteiger partial charge on any atom is 0.234 e. The topological polar surface area (TPSA) is 69.0 Å². The fraction of sp³-hybridized carbons (Fsp3) is 0.227. The van der Waals surface area contributed by atoms with E-state index in [0.717, 1.165) is 5.56 Å². The van der Waals surface area contributed by atoms with Crippen LogP contribution in [0.5, 0.6) is 5.75 Å². The second-order valence-corrected chi connectivity index (χ2v) is 8.57. The molecule has 0 aliphatic heterocycles. The van der Waals surface area contributed by atoms with Crippen LogP contribution in [-0.2, 0) is 11.3 Å². The lowest BCUT2D eigenvalue weighted by Gasteiger charge is -2.17. The van der Waals surface area contributed by atoms with E-state index in [1.165, 1.54) is 11.8 Å². The third kappa shape index (κ3) is 6.26. The van der Waals surface area contributed by atoms with Gasteiger partial charge in [0.15, 0.2) is 17.1 Å². The van der Waals surface area contributed by atoms with E-state index in [1.807, 2.05) is 30.5 Å². The molecule has 0 saturated carbocycles. The summed E-state index contributed by atoms with van der Waals surface area (Å²) in [5.74, 6) is 1.20. The lowest BCUT2D eigenvalue weighted by atomic mass is 10.2. The van der Waals surface area contributed by atoms with Gasteiger partial charge in [-0.15, -0.1) is 16.8 Å². The zero-order valence-corrected chi connectivity index (χ0v) is 19.5. The maximum absolute atomic E-state index is 12.3. The number of ether oxygens (including phenoxy) is 1. The van der Waals surface area contributed by atoms with E-state index in [1.54, 1.807) is 36.4 Å². The number of anilines is 1. The van der Waals surface area contributed by atoms with Gasteiger partial charge in [0, 0.05) is 17.3 Å². The molecule has 9 heteroatoms. The normalized spacial score (nSPS) is 11.7. The van der Waals surface area contributed by atoms with Gasteiger partial charge < -0.3 is 10.1 Å². The summed E-state index contributed by atoms with van der Waals surface area (Å²) < 4.78 is 7.91. The molecule has 1 unspecified atom stereocenters. The fourth-order valence-electron chi connectivity index (χ4n) is 2.85. The van der Waals surface area contributed by atoms with Gasteiger partial charge in [0.05, 0.1) is 10.8 Å². The van der Waals surface area contributed by atoms with Crippen molar-refractivity contribution in [3.63, 3.8) is 0 Å².